The molecule has 3 atom stereocenters. The summed E-state index contributed by atoms with van der Waals surface area (Å²) in [6.45, 7) is 0.387. The number of thioether (sulfide) groups is 1. The molecule has 1 aromatic rings. The third-order valence-corrected chi connectivity index (χ3v) is 6.63. The summed E-state index contributed by atoms with van der Waals surface area (Å²) in [4.78, 5) is 42.1. The zero-order chi connectivity index (χ0) is 20.3. The predicted molar refractivity (Wildman–Crippen MR) is 112 cm³/mol. The normalized spacial score (nSPS) is 22.9. The van der Waals surface area contributed by atoms with E-state index in [9.17, 15) is 14.4 Å². The number of nitrogens with zero attached hydrogens (tertiary/aromatic N) is 2. The highest BCUT2D eigenvalue weighted by atomic mass is 35.5. The Bertz CT molecular complexity index is 733. The van der Waals surface area contributed by atoms with Crippen LogP contribution in [0.3, 0.4) is 0 Å². The summed E-state index contributed by atoms with van der Waals surface area (Å²) in [5.74, 6) is -0.230. The van der Waals surface area contributed by atoms with E-state index in [0.717, 1.165) is 31.2 Å². The van der Waals surface area contributed by atoms with Crippen molar-refractivity contribution in [1.29, 1.82) is 0 Å². The Morgan fingerprint density at radius 2 is 1.89 bits per heavy atom. The third-order valence-electron chi connectivity index (χ3n) is 5.75. The zero-order valence-corrected chi connectivity index (χ0v) is 18.0. The Hall–Kier alpha value is -1.53. The number of amides is 3. The van der Waals surface area contributed by atoms with E-state index in [1.165, 1.54) is 4.90 Å². The molecule has 1 aliphatic heterocycles. The maximum Gasteiger partial charge on any atom is 0.245 e. The summed E-state index contributed by atoms with van der Waals surface area (Å²) in [6.07, 6.45) is 5.92. The van der Waals surface area contributed by atoms with E-state index in [4.69, 9.17) is 11.6 Å². The topological polar surface area (TPSA) is 57.7 Å². The number of halogens is 1. The van der Waals surface area contributed by atoms with Crippen molar-refractivity contribution in [1.82, 2.24) is 9.80 Å². The van der Waals surface area contributed by atoms with E-state index in [1.807, 2.05) is 24.5 Å². The van der Waals surface area contributed by atoms with Crippen molar-refractivity contribution >= 4 is 41.1 Å². The standard InChI is InChI=1S/C21H27ClN2O3S/c1-23(13-14-6-5-7-15(22)12-14)21(27)18(10-11-28-2)24-19(25)16-8-3-4-9-17(16)20(24)26/h5-7,12,16-18H,3-4,8-11,13H2,1-2H3. The number of hydrogen-bond donors (Lipinski definition) is 0. The van der Waals surface area contributed by atoms with Crippen LogP contribution in [-0.4, -0.2) is 52.6 Å². The van der Waals surface area contributed by atoms with Crippen LogP contribution in [0.4, 0.5) is 0 Å². The molecule has 2 aliphatic rings. The molecule has 0 N–H and O–H groups in total. The van der Waals surface area contributed by atoms with Gasteiger partial charge in [-0.25, -0.2) is 0 Å². The van der Waals surface area contributed by atoms with Crippen molar-refractivity contribution in [3.05, 3.63) is 34.9 Å². The van der Waals surface area contributed by atoms with Crippen molar-refractivity contribution in [2.24, 2.45) is 11.8 Å². The van der Waals surface area contributed by atoms with E-state index >= 15 is 0 Å². The SMILES string of the molecule is CSCCC(C(=O)N(C)Cc1cccc(Cl)c1)N1C(=O)C2CCCCC2C1=O. The van der Waals surface area contributed by atoms with Crippen molar-refractivity contribution in [3.8, 4) is 0 Å². The van der Waals surface area contributed by atoms with Crippen molar-refractivity contribution in [3.63, 3.8) is 0 Å². The smallest absolute Gasteiger partial charge is 0.245 e. The Morgan fingerprint density at radius 1 is 1.25 bits per heavy atom. The highest BCUT2D eigenvalue weighted by Gasteiger charge is 2.51. The maximum absolute atomic E-state index is 13.3. The van der Waals surface area contributed by atoms with Crippen LogP contribution in [0, 0.1) is 11.8 Å². The summed E-state index contributed by atoms with van der Waals surface area (Å²) in [5.41, 5.74) is 0.916. The predicted octanol–water partition coefficient (Wildman–Crippen LogP) is 3.60. The fraction of sp³-hybridized carbons (Fsp3) is 0.571. The molecular formula is C21H27ClN2O3S. The monoisotopic (exact) mass is 422 g/mol. The van der Waals surface area contributed by atoms with Gasteiger partial charge in [0, 0.05) is 18.6 Å². The van der Waals surface area contributed by atoms with Crippen molar-refractivity contribution in [2.75, 3.05) is 19.1 Å². The zero-order valence-electron chi connectivity index (χ0n) is 16.4. The average Bonchev–Trinajstić information content (AvgIpc) is 2.93. The molecule has 1 heterocycles. The molecule has 3 unspecified atom stereocenters. The molecule has 28 heavy (non-hydrogen) atoms. The van der Waals surface area contributed by atoms with Gasteiger partial charge in [0.1, 0.15) is 6.04 Å². The Kier molecular flexibility index (Phi) is 7.05. The van der Waals surface area contributed by atoms with Crippen LogP contribution in [0.1, 0.15) is 37.7 Å². The van der Waals surface area contributed by atoms with Gasteiger partial charge in [-0.1, -0.05) is 36.6 Å². The Morgan fingerprint density at radius 3 is 2.46 bits per heavy atom. The van der Waals surface area contributed by atoms with Gasteiger partial charge in [0.05, 0.1) is 11.8 Å². The van der Waals surface area contributed by atoms with E-state index in [1.54, 1.807) is 29.8 Å². The first kappa shape index (κ1) is 21.2. The maximum atomic E-state index is 13.3. The van der Waals surface area contributed by atoms with Gasteiger partial charge in [0.15, 0.2) is 0 Å². The molecule has 1 aromatic carbocycles. The Balaban J connectivity index is 1.79. The molecule has 1 aliphatic carbocycles. The van der Waals surface area contributed by atoms with Gasteiger partial charge in [-0.2, -0.15) is 11.8 Å². The molecule has 0 bridgehead atoms. The van der Waals surface area contributed by atoms with Crippen LogP contribution in [0.2, 0.25) is 5.02 Å². The van der Waals surface area contributed by atoms with Crippen LogP contribution in [-0.2, 0) is 20.9 Å². The Labute approximate surface area is 175 Å². The van der Waals surface area contributed by atoms with Crippen LogP contribution in [0.15, 0.2) is 24.3 Å². The van der Waals surface area contributed by atoms with E-state index in [0.29, 0.717) is 23.7 Å². The molecule has 2 fully saturated rings. The number of carbonyl (C=O) groups excluding carboxylic acids is 3. The lowest BCUT2D eigenvalue weighted by atomic mass is 9.81. The first-order valence-electron chi connectivity index (χ1n) is 9.79. The fourth-order valence-corrected chi connectivity index (χ4v) is 5.00. The summed E-state index contributed by atoms with van der Waals surface area (Å²) in [7, 11) is 1.72. The third kappa shape index (κ3) is 4.38. The van der Waals surface area contributed by atoms with Gasteiger partial charge in [-0.15, -0.1) is 0 Å². The fourth-order valence-electron chi connectivity index (χ4n) is 4.33. The van der Waals surface area contributed by atoms with Gasteiger partial charge >= 0.3 is 0 Å². The lowest BCUT2D eigenvalue weighted by Crippen LogP contribution is -2.50. The molecule has 3 rings (SSSR count). The second kappa shape index (κ2) is 9.31. The van der Waals surface area contributed by atoms with E-state index in [-0.39, 0.29) is 29.6 Å². The molecule has 1 saturated heterocycles. The van der Waals surface area contributed by atoms with Crippen LogP contribution in [0.5, 0.6) is 0 Å². The van der Waals surface area contributed by atoms with Crippen molar-refractivity contribution < 1.29 is 14.4 Å². The van der Waals surface area contributed by atoms with Crippen LogP contribution < -0.4 is 0 Å². The van der Waals surface area contributed by atoms with E-state index in [2.05, 4.69) is 0 Å². The van der Waals surface area contributed by atoms with E-state index < -0.39 is 6.04 Å². The number of hydrogen-bond acceptors (Lipinski definition) is 4. The van der Waals surface area contributed by atoms with Crippen LogP contribution in [0.25, 0.3) is 0 Å². The molecule has 0 radical (unpaired) electrons. The summed E-state index contributed by atoms with van der Waals surface area (Å²) >= 11 is 7.66. The summed E-state index contributed by atoms with van der Waals surface area (Å²) in [5, 5.41) is 0.617. The highest BCUT2D eigenvalue weighted by molar-refractivity contribution is 7.98. The number of benzene rings is 1. The van der Waals surface area contributed by atoms with Gasteiger partial charge < -0.3 is 4.90 Å². The largest absolute Gasteiger partial charge is 0.340 e. The van der Waals surface area contributed by atoms with Gasteiger partial charge in [0.25, 0.3) is 0 Å². The number of likely N-dealkylation sites (N-methyl/N-ethyl adjacent to an activating group) is 1. The second-order valence-corrected chi connectivity index (χ2v) is 9.09. The highest BCUT2D eigenvalue weighted by Crippen LogP contribution is 2.39. The number of fused-ring (bicyclic) bond motifs is 1. The molecule has 152 valence electrons. The molecule has 1 saturated carbocycles. The lowest BCUT2D eigenvalue weighted by Gasteiger charge is -2.30. The number of carbonyl (C=O) groups is 3. The van der Waals surface area contributed by atoms with Crippen molar-refractivity contribution in [2.45, 2.75) is 44.7 Å². The minimum absolute atomic E-state index is 0.148. The average molecular weight is 423 g/mol. The van der Waals surface area contributed by atoms with Gasteiger partial charge in [-0.3, -0.25) is 19.3 Å². The molecular weight excluding hydrogens is 396 g/mol. The summed E-state index contributed by atoms with van der Waals surface area (Å²) in [6, 6.07) is 6.65. The minimum Gasteiger partial charge on any atom is -0.340 e. The number of likely N-dealkylation sites (tertiary alicyclic amines) is 1. The molecule has 5 nitrogen and oxygen atoms in total. The molecule has 7 heteroatoms. The second-order valence-electron chi connectivity index (χ2n) is 7.67. The molecule has 0 spiro atoms. The molecule has 3 amide bonds. The lowest BCUT2D eigenvalue weighted by molar-refractivity contribution is -0.151. The summed E-state index contributed by atoms with van der Waals surface area (Å²) < 4.78 is 0. The quantitative estimate of drug-likeness (QED) is 0.630. The van der Waals surface area contributed by atoms with Crippen LogP contribution >= 0.6 is 23.4 Å². The number of rotatable bonds is 7. The first-order valence-corrected chi connectivity index (χ1v) is 11.6. The molecule has 0 aromatic heterocycles. The number of imide groups is 1. The van der Waals surface area contributed by atoms with Gasteiger partial charge in [0.2, 0.25) is 17.7 Å². The minimum atomic E-state index is -0.720. The first-order chi connectivity index (χ1) is 13.4. The van der Waals surface area contributed by atoms with Gasteiger partial charge in [-0.05, 0) is 49.0 Å².